The minimum absolute atomic E-state index is 0.246. The minimum atomic E-state index is 0.246. The molecule has 4 heteroatoms. The first-order valence-corrected chi connectivity index (χ1v) is 9.33. The molecule has 0 atom stereocenters. The van der Waals surface area contributed by atoms with E-state index >= 15 is 0 Å². The summed E-state index contributed by atoms with van der Waals surface area (Å²) < 4.78 is 0. The van der Waals surface area contributed by atoms with Gasteiger partial charge in [-0.05, 0) is 68.7 Å². The predicted molar refractivity (Wildman–Crippen MR) is 92.0 cm³/mol. The molecule has 3 nitrogen and oxygen atoms in total. The first-order valence-electron chi connectivity index (χ1n) is 8.45. The van der Waals surface area contributed by atoms with Crippen molar-refractivity contribution in [2.75, 3.05) is 26.2 Å². The molecule has 0 unspecified atom stereocenters. The summed E-state index contributed by atoms with van der Waals surface area (Å²) in [6.45, 7) is 8.81. The van der Waals surface area contributed by atoms with E-state index in [0.717, 1.165) is 58.4 Å². The normalized spacial score (nSPS) is 19.9. The molecule has 0 aromatic carbocycles. The average molecular weight is 318 g/mol. The van der Waals surface area contributed by atoms with Crippen LogP contribution in [0.25, 0.3) is 0 Å². The molecule has 0 radical (unpaired) electrons. The number of likely N-dealkylation sites (tertiary alicyclic amines) is 1. The van der Waals surface area contributed by atoms with Gasteiger partial charge in [0.15, 0.2) is 0 Å². The van der Waals surface area contributed by atoms with Crippen LogP contribution >= 0.6 is 11.3 Å². The van der Waals surface area contributed by atoms with Gasteiger partial charge >= 0.3 is 0 Å². The molecule has 1 aromatic rings. The van der Waals surface area contributed by atoms with Gasteiger partial charge < -0.3 is 9.80 Å². The maximum Gasteiger partial charge on any atom is 0.226 e. The highest BCUT2D eigenvalue weighted by Crippen LogP contribution is 2.27. The molecule has 1 aromatic heterocycles. The Morgan fingerprint density at radius 1 is 1.36 bits per heavy atom. The molecule has 0 spiro atoms. The van der Waals surface area contributed by atoms with Crippen LogP contribution in [0.2, 0.25) is 0 Å². The Bertz CT molecular complexity index is 517. The van der Waals surface area contributed by atoms with Gasteiger partial charge in [0, 0.05) is 23.9 Å². The second-order valence-corrected chi connectivity index (χ2v) is 7.43. The number of piperidine rings is 1. The van der Waals surface area contributed by atoms with Crippen LogP contribution in [0, 0.1) is 5.92 Å². The summed E-state index contributed by atoms with van der Waals surface area (Å²) in [4.78, 5) is 18.8. The Morgan fingerprint density at radius 2 is 2.18 bits per heavy atom. The zero-order chi connectivity index (χ0) is 15.4. The average Bonchev–Trinajstić information content (AvgIpc) is 3.02. The summed E-state index contributed by atoms with van der Waals surface area (Å²) >= 11 is 1.83. The number of rotatable bonds is 5. The topological polar surface area (TPSA) is 23.6 Å². The fourth-order valence-electron chi connectivity index (χ4n) is 3.56. The second kappa shape index (κ2) is 7.42. The Morgan fingerprint density at radius 3 is 2.95 bits per heavy atom. The van der Waals surface area contributed by atoms with Crippen molar-refractivity contribution in [1.29, 1.82) is 0 Å². The number of carbonyl (C=O) groups excluding carboxylic acids is 1. The van der Waals surface area contributed by atoms with Gasteiger partial charge in [0.2, 0.25) is 5.91 Å². The van der Waals surface area contributed by atoms with E-state index in [1.54, 1.807) is 0 Å². The largest absolute Gasteiger partial charge is 0.338 e. The SMILES string of the molecule is C=CCCCN1CCC(C(=O)N2CCc3sccc3C2)CC1. The van der Waals surface area contributed by atoms with Crippen molar-refractivity contribution in [3.05, 3.63) is 34.5 Å². The molecule has 0 saturated carbocycles. The van der Waals surface area contributed by atoms with Crippen molar-refractivity contribution < 1.29 is 4.79 Å². The number of allylic oxidation sites excluding steroid dienone is 1. The summed E-state index contributed by atoms with van der Waals surface area (Å²) in [6.07, 6.45) is 7.37. The highest BCUT2D eigenvalue weighted by Gasteiger charge is 2.30. The molecule has 0 N–H and O–H groups in total. The quantitative estimate of drug-likeness (QED) is 0.614. The van der Waals surface area contributed by atoms with Crippen LogP contribution in [-0.4, -0.2) is 41.9 Å². The van der Waals surface area contributed by atoms with Crippen LogP contribution < -0.4 is 0 Å². The van der Waals surface area contributed by atoms with Gasteiger partial charge in [-0.15, -0.1) is 17.9 Å². The third-order valence-electron chi connectivity index (χ3n) is 4.94. The molecule has 3 heterocycles. The fourth-order valence-corrected chi connectivity index (χ4v) is 4.45. The van der Waals surface area contributed by atoms with Gasteiger partial charge in [0.1, 0.15) is 0 Å². The van der Waals surface area contributed by atoms with Crippen LogP contribution in [-0.2, 0) is 17.8 Å². The van der Waals surface area contributed by atoms with Crippen LogP contribution in [0.4, 0.5) is 0 Å². The van der Waals surface area contributed by atoms with Crippen molar-refractivity contribution >= 4 is 17.2 Å². The number of carbonyl (C=O) groups is 1. The van der Waals surface area contributed by atoms with Crippen LogP contribution in [0.1, 0.15) is 36.1 Å². The Kier molecular flexibility index (Phi) is 5.32. The molecule has 1 amide bonds. The third kappa shape index (κ3) is 3.61. The van der Waals surface area contributed by atoms with Crippen molar-refractivity contribution in [2.45, 2.75) is 38.6 Å². The molecule has 2 aliphatic heterocycles. The maximum absolute atomic E-state index is 12.7. The number of unbranched alkanes of at least 4 members (excludes halogenated alkanes) is 1. The Balaban J connectivity index is 1.47. The van der Waals surface area contributed by atoms with E-state index in [0.29, 0.717) is 5.91 Å². The van der Waals surface area contributed by atoms with Gasteiger partial charge in [0.05, 0.1) is 0 Å². The maximum atomic E-state index is 12.7. The lowest BCUT2D eigenvalue weighted by atomic mass is 9.94. The lowest BCUT2D eigenvalue weighted by molar-refractivity contribution is -0.138. The molecular formula is C18H26N2OS. The number of fused-ring (bicyclic) bond motifs is 1. The van der Waals surface area contributed by atoms with E-state index in [4.69, 9.17) is 0 Å². The summed E-state index contributed by atoms with van der Waals surface area (Å²) in [5.74, 6) is 0.637. The number of nitrogens with zero attached hydrogens (tertiary/aromatic N) is 2. The van der Waals surface area contributed by atoms with Gasteiger partial charge in [0.25, 0.3) is 0 Å². The highest BCUT2D eigenvalue weighted by molar-refractivity contribution is 7.10. The van der Waals surface area contributed by atoms with E-state index < -0.39 is 0 Å². The number of hydrogen-bond acceptors (Lipinski definition) is 3. The van der Waals surface area contributed by atoms with E-state index in [1.807, 2.05) is 17.4 Å². The van der Waals surface area contributed by atoms with Gasteiger partial charge in [-0.25, -0.2) is 0 Å². The van der Waals surface area contributed by atoms with E-state index in [1.165, 1.54) is 16.9 Å². The zero-order valence-electron chi connectivity index (χ0n) is 13.3. The summed E-state index contributed by atoms with van der Waals surface area (Å²) in [7, 11) is 0. The molecule has 2 aliphatic rings. The molecule has 3 rings (SSSR count). The van der Waals surface area contributed by atoms with Crippen molar-refractivity contribution in [3.63, 3.8) is 0 Å². The molecule has 1 fully saturated rings. The molecule has 22 heavy (non-hydrogen) atoms. The molecule has 0 bridgehead atoms. The summed E-state index contributed by atoms with van der Waals surface area (Å²) in [6, 6.07) is 2.18. The molecule has 1 saturated heterocycles. The standard InChI is InChI=1S/C18H26N2OS/c1-2-3-4-9-19-10-5-15(6-11-19)18(21)20-12-7-17-16(14-20)8-13-22-17/h2,8,13,15H,1,3-7,9-12,14H2. The monoisotopic (exact) mass is 318 g/mol. The minimum Gasteiger partial charge on any atom is -0.338 e. The van der Waals surface area contributed by atoms with Crippen LogP contribution in [0.5, 0.6) is 0 Å². The summed E-state index contributed by atoms with van der Waals surface area (Å²) in [5, 5.41) is 2.15. The second-order valence-electron chi connectivity index (χ2n) is 6.43. The Labute approximate surface area is 137 Å². The molecular weight excluding hydrogens is 292 g/mol. The van der Waals surface area contributed by atoms with E-state index in [2.05, 4.69) is 27.8 Å². The van der Waals surface area contributed by atoms with Gasteiger partial charge in [-0.2, -0.15) is 0 Å². The van der Waals surface area contributed by atoms with Gasteiger partial charge in [-0.1, -0.05) is 6.08 Å². The predicted octanol–water partition coefficient (Wildman–Crippen LogP) is 3.31. The van der Waals surface area contributed by atoms with Crippen LogP contribution in [0.15, 0.2) is 24.1 Å². The van der Waals surface area contributed by atoms with E-state index in [-0.39, 0.29) is 5.92 Å². The van der Waals surface area contributed by atoms with Crippen molar-refractivity contribution in [2.24, 2.45) is 5.92 Å². The molecule has 0 aliphatic carbocycles. The zero-order valence-corrected chi connectivity index (χ0v) is 14.1. The first kappa shape index (κ1) is 15.8. The third-order valence-corrected chi connectivity index (χ3v) is 5.96. The number of hydrogen-bond donors (Lipinski definition) is 0. The van der Waals surface area contributed by atoms with Crippen LogP contribution in [0.3, 0.4) is 0 Å². The lowest BCUT2D eigenvalue weighted by Gasteiger charge is -2.35. The van der Waals surface area contributed by atoms with Crippen molar-refractivity contribution in [1.82, 2.24) is 9.80 Å². The first-order chi connectivity index (χ1) is 10.8. The molecule has 120 valence electrons. The van der Waals surface area contributed by atoms with Gasteiger partial charge in [-0.3, -0.25) is 4.79 Å². The smallest absolute Gasteiger partial charge is 0.226 e. The lowest BCUT2D eigenvalue weighted by Crippen LogP contribution is -2.44. The van der Waals surface area contributed by atoms with E-state index in [9.17, 15) is 4.79 Å². The fraction of sp³-hybridized carbons (Fsp3) is 0.611. The number of thiophene rings is 1. The highest BCUT2D eigenvalue weighted by atomic mass is 32.1. The Hall–Kier alpha value is -1.13. The summed E-state index contributed by atoms with van der Waals surface area (Å²) in [5.41, 5.74) is 1.37. The van der Waals surface area contributed by atoms with Crippen molar-refractivity contribution in [3.8, 4) is 0 Å². The number of amides is 1.